The molecule has 0 heterocycles. The molecule has 1 atom stereocenters. The SMILES string of the molecule is O=C(O)C(F)(F)C1CCc2cccc(F)c21. The molecule has 2 nitrogen and oxygen atoms in total. The molecule has 0 spiro atoms. The summed E-state index contributed by atoms with van der Waals surface area (Å²) in [6.45, 7) is 0. The third kappa shape index (κ3) is 1.47. The first kappa shape index (κ1) is 11.0. The number of hydrogen-bond acceptors (Lipinski definition) is 1. The van der Waals surface area contributed by atoms with Crippen LogP contribution in [0.4, 0.5) is 13.2 Å². The molecule has 1 aliphatic carbocycles. The maximum Gasteiger partial charge on any atom is 0.375 e. The lowest BCUT2D eigenvalue weighted by molar-refractivity contribution is -0.168. The number of halogens is 3. The number of aliphatic carboxylic acids is 1. The number of benzene rings is 1. The zero-order valence-electron chi connectivity index (χ0n) is 8.21. The highest BCUT2D eigenvalue weighted by Gasteiger charge is 2.51. The van der Waals surface area contributed by atoms with Gasteiger partial charge in [0.1, 0.15) is 5.82 Å². The quantitative estimate of drug-likeness (QED) is 0.847. The van der Waals surface area contributed by atoms with Crippen molar-refractivity contribution in [1.82, 2.24) is 0 Å². The molecular formula is C11H9F3O2. The van der Waals surface area contributed by atoms with Gasteiger partial charge in [-0.2, -0.15) is 8.78 Å². The summed E-state index contributed by atoms with van der Waals surface area (Å²) in [6, 6.07) is 4.07. The molecule has 0 amide bonds. The van der Waals surface area contributed by atoms with Crippen LogP contribution in [0.3, 0.4) is 0 Å². The highest BCUT2D eigenvalue weighted by atomic mass is 19.3. The second-order valence-electron chi connectivity index (χ2n) is 3.83. The maximum absolute atomic E-state index is 13.4. The van der Waals surface area contributed by atoms with Crippen LogP contribution in [0.1, 0.15) is 23.5 Å². The van der Waals surface area contributed by atoms with E-state index in [1.807, 2.05) is 0 Å². The largest absolute Gasteiger partial charge is 0.477 e. The van der Waals surface area contributed by atoms with Gasteiger partial charge < -0.3 is 5.11 Å². The van der Waals surface area contributed by atoms with Gasteiger partial charge in [0.05, 0.1) is 5.92 Å². The Kier molecular flexibility index (Phi) is 2.40. The topological polar surface area (TPSA) is 37.3 Å². The van der Waals surface area contributed by atoms with Crippen molar-refractivity contribution in [3.8, 4) is 0 Å². The van der Waals surface area contributed by atoms with E-state index in [1.165, 1.54) is 6.07 Å². The van der Waals surface area contributed by atoms with Crippen molar-refractivity contribution in [3.05, 3.63) is 35.1 Å². The molecule has 0 fully saturated rings. The van der Waals surface area contributed by atoms with E-state index in [1.54, 1.807) is 6.07 Å². The van der Waals surface area contributed by atoms with Gasteiger partial charge in [0.25, 0.3) is 0 Å². The number of carboxylic acids is 1. The van der Waals surface area contributed by atoms with Crippen molar-refractivity contribution in [1.29, 1.82) is 0 Å². The summed E-state index contributed by atoms with van der Waals surface area (Å²) < 4.78 is 40.1. The molecule has 1 aromatic carbocycles. The summed E-state index contributed by atoms with van der Waals surface area (Å²) in [5.41, 5.74) is 0.334. The van der Waals surface area contributed by atoms with Crippen molar-refractivity contribution in [2.45, 2.75) is 24.7 Å². The Labute approximate surface area is 89.7 Å². The van der Waals surface area contributed by atoms with Crippen molar-refractivity contribution in [2.24, 2.45) is 0 Å². The standard InChI is InChI=1S/C11H9F3O2/c12-8-3-1-2-6-4-5-7(9(6)8)11(13,14)10(15)16/h1-3,7H,4-5H2,(H,15,16). The Morgan fingerprint density at radius 2 is 2.12 bits per heavy atom. The number of carbonyl (C=O) groups is 1. The number of hydrogen-bond donors (Lipinski definition) is 1. The second kappa shape index (κ2) is 3.50. The third-order valence-electron chi connectivity index (χ3n) is 2.92. The van der Waals surface area contributed by atoms with Crippen LogP contribution in [-0.2, 0) is 11.2 Å². The average Bonchev–Trinajstić information content (AvgIpc) is 2.63. The van der Waals surface area contributed by atoms with Gasteiger partial charge in [-0.05, 0) is 24.5 Å². The fourth-order valence-electron chi connectivity index (χ4n) is 2.15. The smallest absolute Gasteiger partial charge is 0.375 e. The summed E-state index contributed by atoms with van der Waals surface area (Å²) in [5.74, 6) is -8.41. The molecule has 16 heavy (non-hydrogen) atoms. The summed E-state index contributed by atoms with van der Waals surface area (Å²) in [6.07, 6.45) is 0.260. The number of carboxylic acid groups (broad SMARTS) is 1. The van der Waals surface area contributed by atoms with E-state index < -0.39 is 23.6 Å². The van der Waals surface area contributed by atoms with Gasteiger partial charge in [-0.25, -0.2) is 9.18 Å². The van der Waals surface area contributed by atoms with Crippen LogP contribution in [0.2, 0.25) is 0 Å². The molecular weight excluding hydrogens is 221 g/mol. The lowest BCUT2D eigenvalue weighted by Crippen LogP contribution is -2.34. The van der Waals surface area contributed by atoms with Gasteiger partial charge in [0, 0.05) is 5.56 Å². The average molecular weight is 230 g/mol. The molecule has 1 aliphatic rings. The van der Waals surface area contributed by atoms with Crippen molar-refractivity contribution >= 4 is 5.97 Å². The summed E-state index contributed by atoms with van der Waals surface area (Å²) in [7, 11) is 0. The van der Waals surface area contributed by atoms with Crippen LogP contribution >= 0.6 is 0 Å². The minimum Gasteiger partial charge on any atom is -0.477 e. The van der Waals surface area contributed by atoms with E-state index in [2.05, 4.69) is 0 Å². The fraction of sp³-hybridized carbons (Fsp3) is 0.364. The molecule has 0 bridgehead atoms. The number of alkyl halides is 2. The Morgan fingerprint density at radius 1 is 1.44 bits per heavy atom. The fourth-order valence-corrected chi connectivity index (χ4v) is 2.15. The summed E-state index contributed by atoms with van der Waals surface area (Å²) >= 11 is 0. The zero-order valence-corrected chi connectivity index (χ0v) is 8.21. The molecule has 0 saturated heterocycles. The van der Waals surface area contributed by atoms with Crippen LogP contribution in [0.15, 0.2) is 18.2 Å². The van der Waals surface area contributed by atoms with Crippen molar-refractivity contribution in [3.63, 3.8) is 0 Å². The van der Waals surface area contributed by atoms with Crippen LogP contribution in [0.5, 0.6) is 0 Å². The van der Waals surface area contributed by atoms with Crippen LogP contribution < -0.4 is 0 Å². The molecule has 1 N–H and O–H groups in total. The highest BCUT2D eigenvalue weighted by Crippen LogP contribution is 2.44. The summed E-state index contributed by atoms with van der Waals surface area (Å²) in [5, 5.41) is 8.45. The second-order valence-corrected chi connectivity index (χ2v) is 3.83. The van der Waals surface area contributed by atoms with Gasteiger partial charge in [-0.1, -0.05) is 12.1 Å². The predicted molar refractivity (Wildman–Crippen MR) is 50.0 cm³/mol. The van der Waals surface area contributed by atoms with Gasteiger partial charge in [-0.3, -0.25) is 0 Å². The zero-order chi connectivity index (χ0) is 11.9. The minimum absolute atomic E-state index is 0.0322. The monoisotopic (exact) mass is 230 g/mol. The lowest BCUT2D eigenvalue weighted by atomic mass is 9.94. The number of fused-ring (bicyclic) bond motifs is 1. The van der Waals surface area contributed by atoms with Gasteiger partial charge in [0.2, 0.25) is 0 Å². The molecule has 0 saturated carbocycles. The van der Waals surface area contributed by atoms with E-state index in [4.69, 9.17) is 5.11 Å². The highest BCUT2D eigenvalue weighted by molar-refractivity contribution is 5.77. The molecule has 86 valence electrons. The molecule has 0 radical (unpaired) electrons. The van der Waals surface area contributed by atoms with Crippen LogP contribution in [-0.4, -0.2) is 17.0 Å². The van der Waals surface area contributed by atoms with E-state index in [0.29, 0.717) is 12.0 Å². The third-order valence-corrected chi connectivity index (χ3v) is 2.92. The first-order valence-electron chi connectivity index (χ1n) is 4.83. The normalized spacial score (nSPS) is 19.6. The van der Waals surface area contributed by atoms with Crippen LogP contribution in [0, 0.1) is 5.82 Å². The molecule has 2 rings (SSSR count). The molecule has 1 aromatic rings. The Morgan fingerprint density at radius 3 is 2.75 bits per heavy atom. The Hall–Kier alpha value is -1.52. The van der Waals surface area contributed by atoms with Gasteiger partial charge >= 0.3 is 11.9 Å². The van der Waals surface area contributed by atoms with E-state index >= 15 is 0 Å². The van der Waals surface area contributed by atoms with E-state index in [0.717, 1.165) is 6.07 Å². The van der Waals surface area contributed by atoms with Crippen LogP contribution in [0.25, 0.3) is 0 Å². The lowest BCUT2D eigenvalue weighted by Gasteiger charge is -2.19. The minimum atomic E-state index is -3.91. The first-order valence-corrected chi connectivity index (χ1v) is 4.83. The van der Waals surface area contributed by atoms with Crippen molar-refractivity contribution < 1.29 is 23.1 Å². The van der Waals surface area contributed by atoms with E-state index in [-0.39, 0.29) is 12.0 Å². The Balaban J connectivity index is 2.48. The van der Waals surface area contributed by atoms with Gasteiger partial charge in [0.15, 0.2) is 0 Å². The summed E-state index contributed by atoms with van der Waals surface area (Å²) in [4.78, 5) is 10.5. The first-order chi connectivity index (χ1) is 7.44. The van der Waals surface area contributed by atoms with Gasteiger partial charge in [-0.15, -0.1) is 0 Å². The molecule has 1 unspecified atom stereocenters. The molecule has 0 aliphatic heterocycles. The molecule has 5 heteroatoms. The maximum atomic E-state index is 13.4. The van der Waals surface area contributed by atoms with Crippen molar-refractivity contribution in [2.75, 3.05) is 0 Å². The predicted octanol–water partition coefficient (Wildman–Crippen LogP) is 2.58. The Bertz CT molecular complexity index is 443. The molecule has 0 aromatic heterocycles. The van der Waals surface area contributed by atoms with E-state index in [9.17, 15) is 18.0 Å². The number of aryl methyl sites for hydroxylation is 1. The number of rotatable bonds is 2.